The Balaban J connectivity index is 2.48. The Morgan fingerprint density at radius 1 is 1.24 bits per heavy atom. The van der Waals surface area contributed by atoms with E-state index >= 15 is 0 Å². The molecule has 6 heteroatoms. The average Bonchev–Trinajstić information content (AvgIpc) is 2.26. The molecule has 0 amide bonds. The Morgan fingerprint density at radius 2 is 2.00 bits per heavy atom. The Morgan fingerprint density at radius 3 is 2.65 bits per heavy atom. The first-order valence-corrected chi connectivity index (χ1v) is 4.82. The zero-order valence-electron chi connectivity index (χ0n) is 8.88. The third-order valence-electron chi connectivity index (χ3n) is 2.21. The summed E-state index contributed by atoms with van der Waals surface area (Å²) >= 11 is 0. The Hall–Kier alpha value is -1.98. The van der Waals surface area contributed by atoms with Gasteiger partial charge in [-0.1, -0.05) is 6.07 Å². The summed E-state index contributed by atoms with van der Waals surface area (Å²) < 4.78 is 40.1. The molecule has 90 valence electrons. The van der Waals surface area contributed by atoms with Gasteiger partial charge in [0.15, 0.2) is 0 Å². The molecule has 0 aliphatic rings. The van der Waals surface area contributed by atoms with Crippen LogP contribution in [0.4, 0.5) is 19.0 Å². The predicted molar refractivity (Wildman–Crippen MR) is 58.0 cm³/mol. The Labute approximate surface area is 95.2 Å². The fraction of sp³-hybridized carbons (Fsp3) is 0.182. The molecule has 3 nitrogen and oxygen atoms in total. The fourth-order valence-corrected chi connectivity index (χ4v) is 1.54. The lowest BCUT2D eigenvalue weighted by Crippen LogP contribution is -2.17. The minimum Gasteiger partial charge on any atom is -0.406 e. The molecule has 0 unspecified atom stereocenters. The number of alkyl halides is 3. The number of halogens is 3. The molecule has 1 heterocycles. The lowest BCUT2D eigenvalue weighted by atomic mass is 10.1. The molecule has 0 spiro atoms. The third-order valence-corrected chi connectivity index (χ3v) is 2.21. The predicted octanol–water partition coefficient (Wildman–Crippen LogP) is 3.18. The van der Waals surface area contributed by atoms with Gasteiger partial charge in [-0.05, 0) is 23.6 Å². The Bertz CT molecular complexity index is 540. The zero-order chi connectivity index (χ0) is 12.5. The maximum atomic E-state index is 12.1. The van der Waals surface area contributed by atoms with Crippen LogP contribution in [0.25, 0.3) is 10.8 Å². The number of fused-ring (bicyclic) bond motifs is 1. The number of anilines is 1. The van der Waals surface area contributed by atoms with Crippen molar-refractivity contribution in [3.05, 3.63) is 30.5 Å². The maximum Gasteiger partial charge on any atom is 0.573 e. The number of hydrogen-bond donors (Lipinski definition) is 1. The van der Waals surface area contributed by atoms with Crippen molar-refractivity contribution in [1.29, 1.82) is 0 Å². The normalized spacial score (nSPS) is 11.5. The van der Waals surface area contributed by atoms with Crippen molar-refractivity contribution in [2.45, 2.75) is 6.36 Å². The van der Waals surface area contributed by atoms with Gasteiger partial charge in [0.2, 0.25) is 0 Å². The third kappa shape index (κ3) is 2.58. The van der Waals surface area contributed by atoms with Gasteiger partial charge in [-0.15, -0.1) is 13.2 Å². The van der Waals surface area contributed by atoms with Crippen molar-refractivity contribution < 1.29 is 17.9 Å². The van der Waals surface area contributed by atoms with E-state index in [1.807, 2.05) is 0 Å². The van der Waals surface area contributed by atoms with E-state index in [1.54, 1.807) is 25.4 Å². The quantitative estimate of drug-likeness (QED) is 0.878. The van der Waals surface area contributed by atoms with Gasteiger partial charge < -0.3 is 10.1 Å². The van der Waals surface area contributed by atoms with Crippen LogP contribution in [-0.4, -0.2) is 18.4 Å². The summed E-state index contributed by atoms with van der Waals surface area (Å²) in [6.45, 7) is 0. The first-order chi connectivity index (χ1) is 7.99. The zero-order valence-corrected chi connectivity index (χ0v) is 8.88. The molecule has 0 saturated heterocycles. The lowest BCUT2D eigenvalue weighted by Gasteiger charge is -2.10. The van der Waals surface area contributed by atoms with Crippen molar-refractivity contribution in [3.8, 4) is 5.75 Å². The average molecular weight is 242 g/mol. The highest BCUT2D eigenvalue weighted by atomic mass is 19.4. The molecule has 0 radical (unpaired) electrons. The molecule has 0 bridgehead atoms. The summed E-state index contributed by atoms with van der Waals surface area (Å²) in [5.41, 5.74) is 0. The van der Waals surface area contributed by atoms with E-state index in [1.165, 1.54) is 12.1 Å². The number of nitrogens with zero attached hydrogens (tertiary/aromatic N) is 1. The first-order valence-electron chi connectivity index (χ1n) is 4.82. The second kappa shape index (κ2) is 4.12. The first kappa shape index (κ1) is 11.5. The van der Waals surface area contributed by atoms with Crippen LogP contribution >= 0.6 is 0 Å². The molecule has 17 heavy (non-hydrogen) atoms. The SMILES string of the molecule is CNc1nccc2ccc(OC(F)(F)F)cc12. The number of benzene rings is 1. The van der Waals surface area contributed by atoms with E-state index in [2.05, 4.69) is 15.0 Å². The minimum absolute atomic E-state index is 0.255. The summed E-state index contributed by atoms with van der Waals surface area (Å²) in [5.74, 6) is 0.254. The van der Waals surface area contributed by atoms with Gasteiger partial charge in [-0.2, -0.15) is 0 Å². The number of rotatable bonds is 2. The molecular formula is C11H9F3N2O. The number of pyridine rings is 1. The molecular weight excluding hydrogens is 233 g/mol. The number of nitrogens with one attached hydrogen (secondary N) is 1. The molecule has 0 atom stereocenters. The summed E-state index contributed by atoms with van der Waals surface area (Å²) in [7, 11) is 1.65. The lowest BCUT2D eigenvalue weighted by molar-refractivity contribution is -0.274. The van der Waals surface area contributed by atoms with Gasteiger partial charge in [0.1, 0.15) is 11.6 Å². The van der Waals surface area contributed by atoms with Crippen molar-refractivity contribution in [2.24, 2.45) is 0 Å². The Kier molecular flexibility index (Phi) is 2.79. The van der Waals surface area contributed by atoms with Crippen LogP contribution in [0.2, 0.25) is 0 Å². The molecule has 1 aromatic carbocycles. The highest BCUT2D eigenvalue weighted by Gasteiger charge is 2.31. The van der Waals surface area contributed by atoms with Crippen LogP contribution in [0, 0.1) is 0 Å². The van der Waals surface area contributed by atoms with E-state index in [4.69, 9.17) is 0 Å². The van der Waals surface area contributed by atoms with Gasteiger partial charge in [-0.25, -0.2) is 4.98 Å². The second-order valence-electron chi connectivity index (χ2n) is 3.34. The van der Waals surface area contributed by atoms with Crippen molar-refractivity contribution in [3.63, 3.8) is 0 Å². The molecule has 2 aromatic rings. The van der Waals surface area contributed by atoms with Gasteiger partial charge in [-0.3, -0.25) is 0 Å². The van der Waals surface area contributed by atoms with E-state index in [0.717, 1.165) is 5.39 Å². The van der Waals surface area contributed by atoms with Crippen LogP contribution in [0.1, 0.15) is 0 Å². The van der Waals surface area contributed by atoms with Crippen LogP contribution in [-0.2, 0) is 0 Å². The van der Waals surface area contributed by atoms with E-state index in [0.29, 0.717) is 11.2 Å². The summed E-state index contributed by atoms with van der Waals surface area (Å²) in [6, 6.07) is 5.85. The fourth-order valence-electron chi connectivity index (χ4n) is 1.54. The molecule has 1 N–H and O–H groups in total. The summed E-state index contributed by atoms with van der Waals surface area (Å²) in [6.07, 6.45) is -3.10. The van der Waals surface area contributed by atoms with Gasteiger partial charge in [0, 0.05) is 18.6 Å². The monoisotopic (exact) mass is 242 g/mol. The molecule has 0 aliphatic heterocycles. The molecule has 0 aliphatic carbocycles. The summed E-state index contributed by atoms with van der Waals surface area (Å²) in [5, 5.41) is 4.18. The van der Waals surface area contributed by atoms with Crippen molar-refractivity contribution in [2.75, 3.05) is 12.4 Å². The smallest absolute Gasteiger partial charge is 0.406 e. The highest BCUT2D eigenvalue weighted by Crippen LogP contribution is 2.29. The highest BCUT2D eigenvalue weighted by molar-refractivity contribution is 5.92. The topological polar surface area (TPSA) is 34.2 Å². The van der Waals surface area contributed by atoms with E-state index < -0.39 is 6.36 Å². The molecule has 0 saturated carbocycles. The van der Waals surface area contributed by atoms with Crippen LogP contribution in [0.5, 0.6) is 5.75 Å². The summed E-state index contributed by atoms with van der Waals surface area (Å²) in [4.78, 5) is 4.02. The maximum absolute atomic E-state index is 12.1. The standard InChI is InChI=1S/C11H9F3N2O/c1-15-10-9-6-8(17-11(12,13)14)3-2-7(9)4-5-16-10/h2-6H,1H3,(H,15,16). The number of ether oxygens (including phenoxy) is 1. The molecule has 1 aromatic heterocycles. The largest absolute Gasteiger partial charge is 0.573 e. The van der Waals surface area contributed by atoms with Crippen molar-refractivity contribution in [1.82, 2.24) is 4.98 Å². The van der Waals surface area contributed by atoms with Crippen molar-refractivity contribution >= 4 is 16.6 Å². The second-order valence-corrected chi connectivity index (χ2v) is 3.34. The van der Waals surface area contributed by atoms with E-state index in [-0.39, 0.29) is 5.75 Å². The number of aromatic nitrogens is 1. The molecule has 0 fully saturated rings. The van der Waals surface area contributed by atoms with Crippen LogP contribution in [0.15, 0.2) is 30.5 Å². The van der Waals surface area contributed by atoms with Crippen LogP contribution in [0.3, 0.4) is 0 Å². The van der Waals surface area contributed by atoms with Gasteiger partial charge in [0.05, 0.1) is 0 Å². The van der Waals surface area contributed by atoms with E-state index in [9.17, 15) is 13.2 Å². The number of hydrogen-bond acceptors (Lipinski definition) is 3. The molecule has 2 rings (SSSR count). The van der Waals surface area contributed by atoms with Gasteiger partial charge >= 0.3 is 6.36 Å². The van der Waals surface area contributed by atoms with Gasteiger partial charge in [0.25, 0.3) is 0 Å². The van der Waals surface area contributed by atoms with Crippen LogP contribution < -0.4 is 10.1 Å². The minimum atomic E-state index is -4.68.